The first-order valence-corrected chi connectivity index (χ1v) is 6.30. The minimum Gasteiger partial charge on any atom is -0.327 e. The molecule has 18 heavy (non-hydrogen) atoms. The predicted octanol–water partition coefficient (Wildman–Crippen LogP) is 1.63. The van der Waals surface area contributed by atoms with Crippen LogP contribution in [0.2, 0.25) is 0 Å². The van der Waals surface area contributed by atoms with Crippen LogP contribution >= 0.6 is 0 Å². The molecule has 0 aliphatic carbocycles. The van der Waals surface area contributed by atoms with Gasteiger partial charge in [-0.05, 0) is 30.9 Å². The summed E-state index contributed by atoms with van der Waals surface area (Å²) in [7, 11) is 1.87. The van der Waals surface area contributed by atoms with E-state index in [2.05, 4.69) is 41.5 Å². The Morgan fingerprint density at radius 1 is 1.33 bits per heavy atom. The maximum atomic E-state index is 6.14. The maximum Gasteiger partial charge on any atom is 0.0842 e. The summed E-state index contributed by atoms with van der Waals surface area (Å²) in [5.74, 6) is 0. The largest absolute Gasteiger partial charge is 0.327 e. The molecule has 2 aromatic rings. The summed E-state index contributed by atoms with van der Waals surface area (Å²) in [6.07, 6.45) is 4.71. The molecule has 0 amide bonds. The number of aromatic nitrogens is 3. The van der Waals surface area contributed by atoms with Gasteiger partial charge in [0.15, 0.2) is 0 Å². The number of nitrogens with zero attached hydrogens (tertiary/aromatic N) is 3. The highest BCUT2D eigenvalue weighted by atomic mass is 15.4. The number of nitrogens with two attached hydrogens (primary N) is 1. The Labute approximate surface area is 108 Å². The van der Waals surface area contributed by atoms with Gasteiger partial charge in [0.1, 0.15) is 0 Å². The average molecular weight is 244 g/mol. The first-order valence-electron chi connectivity index (χ1n) is 6.30. The molecule has 0 saturated carbocycles. The third kappa shape index (κ3) is 3.40. The summed E-state index contributed by atoms with van der Waals surface area (Å²) in [5.41, 5.74) is 9.82. The smallest absolute Gasteiger partial charge is 0.0842 e. The fourth-order valence-corrected chi connectivity index (χ4v) is 2.09. The monoisotopic (exact) mass is 244 g/mol. The zero-order valence-corrected chi connectivity index (χ0v) is 11.0. The van der Waals surface area contributed by atoms with E-state index in [0.717, 1.165) is 25.0 Å². The molecule has 1 heterocycles. The molecule has 1 aromatic heterocycles. The molecule has 4 heteroatoms. The minimum absolute atomic E-state index is 0.140. The van der Waals surface area contributed by atoms with Crippen molar-refractivity contribution in [3.05, 3.63) is 47.3 Å². The van der Waals surface area contributed by atoms with Crippen LogP contribution in [0.5, 0.6) is 0 Å². The first kappa shape index (κ1) is 12.8. The molecule has 0 fully saturated rings. The van der Waals surface area contributed by atoms with Crippen LogP contribution in [-0.4, -0.2) is 21.0 Å². The van der Waals surface area contributed by atoms with Crippen LogP contribution in [0.4, 0.5) is 0 Å². The van der Waals surface area contributed by atoms with E-state index in [1.54, 1.807) is 4.68 Å². The second kappa shape index (κ2) is 5.78. The van der Waals surface area contributed by atoms with Crippen molar-refractivity contribution in [1.82, 2.24) is 15.0 Å². The molecule has 0 spiro atoms. The number of aryl methyl sites for hydroxylation is 3. The van der Waals surface area contributed by atoms with E-state index in [1.165, 1.54) is 11.1 Å². The van der Waals surface area contributed by atoms with Crippen molar-refractivity contribution >= 4 is 0 Å². The third-order valence-electron chi connectivity index (χ3n) is 3.17. The summed E-state index contributed by atoms with van der Waals surface area (Å²) < 4.78 is 1.71. The molecular formula is C14H20N4. The lowest BCUT2D eigenvalue weighted by Gasteiger charge is -2.11. The van der Waals surface area contributed by atoms with Gasteiger partial charge < -0.3 is 5.73 Å². The second-order valence-corrected chi connectivity index (χ2v) is 4.81. The lowest BCUT2D eigenvalue weighted by Crippen LogP contribution is -2.23. The van der Waals surface area contributed by atoms with Gasteiger partial charge in [-0.15, -0.1) is 5.10 Å². The van der Waals surface area contributed by atoms with Crippen molar-refractivity contribution in [3.8, 4) is 0 Å². The molecule has 0 bridgehead atoms. The molecule has 0 radical (unpaired) electrons. The Hall–Kier alpha value is -1.68. The SMILES string of the molecule is Cc1ccccc1CCC(N)Cc1cn(C)nn1. The third-order valence-corrected chi connectivity index (χ3v) is 3.17. The van der Waals surface area contributed by atoms with E-state index >= 15 is 0 Å². The highest BCUT2D eigenvalue weighted by Crippen LogP contribution is 2.11. The summed E-state index contributed by atoms with van der Waals surface area (Å²) in [6, 6.07) is 8.60. The van der Waals surface area contributed by atoms with Gasteiger partial charge in [-0.2, -0.15) is 0 Å². The van der Waals surface area contributed by atoms with Crippen molar-refractivity contribution in [2.45, 2.75) is 32.2 Å². The standard InChI is InChI=1S/C14H20N4/c1-11-5-3-4-6-12(11)7-8-13(15)9-14-10-18(2)17-16-14/h3-6,10,13H,7-9,15H2,1-2H3. The molecule has 0 aliphatic rings. The number of hydrogen-bond donors (Lipinski definition) is 1. The van der Waals surface area contributed by atoms with Gasteiger partial charge in [0.25, 0.3) is 0 Å². The van der Waals surface area contributed by atoms with Gasteiger partial charge in [0.2, 0.25) is 0 Å². The normalized spacial score (nSPS) is 12.6. The molecule has 0 saturated heterocycles. The van der Waals surface area contributed by atoms with Gasteiger partial charge in [-0.3, -0.25) is 4.68 Å². The van der Waals surface area contributed by atoms with Gasteiger partial charge in [0.05, 0.1) is 5.69 Å². The summed E-state index contributed by atoms with van der Waals surface area (Å²) in [6.45, 7) is 2.14. The highest BCUT2D eigenvalue weighted by molar-refractivity contribution is 5.25. The van der Waals surface area contributed by atoms with Crippen LogP contribution in [-0.2, 0) is 19.9 Å². The quantitative estimate of drug-likeness (QED) is 0.869. The Kier molecular flexibility index (Phi) is 4.10. The predicted molar refractivity (Wildman–Crippen MR) is 72.2 cm³/mol. The van der Waals surface area contributed by atoms with Gasteiger partial charge >= 0.3 is 0 Å². The van der Waals surface area contributed by atoms with Crippen LogP contribution in [0, 0.1) is 6.92 Å². The topological polar surface area (TPSA) is 56.7 Å². The molecule has 1 unspecified atom stereocenters. The average Bonchev–Trinajstić information content (AvgIpc) is 2.74. The van der Waals surface area contributed by atoms with Gasteiger partial charge in [-0.1, -0.05) is 29.5 Å². The van der Waals surface area contributed by atoms with Crippen molar-refractivity contribution < 1.29 is 0 Å². The highest BCUT2D eigenvalue weighted by Gasteiger charge is 2.08. The maximum absolute atomic E-state index is 6.14. The molecule has 2 N–H and O–H groups in total. The number of rotatable bonds is 5. The lowest BCUT2D eigenvalue weighted by molar-refractivity contribution is 0.601. The Morgan fingerprint density at radius 2 is 2.11 bits per heavy atom. The fraction of sp³-hybridized carbons (Fsp3) is 0.429. The summed E-state index contributed by atoms with van der Waals surface area (Å²) in [4.78, 5) is 0. The molecule has 4 nitrogen and oxygen atoms in total. The summed E-state index contributed by atoms with van der Waals surface area (Å²) >= 11 is 0. The first-order chi connectivity index (χ1) is 8.65. The van der Waals surface area contributed by atoms with Gasteiger partial charge in [0, 0.05) is 25.7 Å². The summed E-state index contributed by atoms with van der Waals surface area (Å²) in [5, 5.41) is 7.97. The second-order valence-electron chi connectivity index (χ2n) is 4.81. The van der Waals surface area contributed by atoms with E-state index < -0.39 is 0 Å². The van der Waals surface area contributed by atoms with Crippen LogP contribution in [0.15, 0.2) is 30.5 Å². The molecular weight excluding hydrogens is 224 g/mol. The van der Waals surface area contributed by atoms with Crippen molar-refractivity contribution in [3.63, 3.8) is 0 Å². The van der Waals surface area contributed by atoms with Crippen LogP contribution in [0.25, 0.3) is 0 Å². The zero-order chi connectivity index (χ0) is 13.0. The Balaban J connectivity index is 1.85. The van der Waals surface area contributed by atoms with E-state index in [-0.39, 0.29) is 6.04 Å². The van der Waals surface area contributed by atoms with Crippen LogP contribution in [0.1, 0.15) is 23.2 Å². The van der Waals surface area contributed by atoms with E-state index in [9.17, 15) is 0 Å². The molecule has 0 aliphatic heterocycles. The number of benzene rings is 1. The lowest BCUT2D eigenvalue weighted by atomic mass is 9.99. The Bertz CT molecular complexity index is 504. The van der Waals surface area contributed by atoms with Crippen molar-refractivity contribution in [2.75, 3.05) is 0 Å². The molecule has 1 atom stereocenters. The molecule has 2 rings (SSSR count). The fourth-order valence-electron chi connectivity index (χ4n) is 2.09. The van der Waals surface area contributed by atoms with E-state index in [1.807, 2.05) is 13.2 Å². The Morgan fingerprint density at radius 3 is 2.78 bits per heavy atom. The number of hydrogen-bond acceptors (Lipinski definition) is 3. The zero-order valence-electron chi connectivity index (χ0n) is 11.0. The van der Waals surface area contributed by atoms with Crippen LogP contribution < -0.4 is 5.73 Å². The van der Waals surface area contributed by atoms with Crippen LogP contribution in [0.3, 0.4) is 0 Å². The molecule has 1 aromatic carbocycles. The van der Waals surface area contributed by atoms with Gasteiger partial charge in [-0.25, -0.2) is 0 Å². The van der Waals surface area contributed by atoms with Crippen molar-refractivity contribution in [1.29, 1.82) is 0 Å². The van der Waals surface area contributed by atoms with Crippen molar-refractivity contribution in [2.24, 2.45) is 12.8 Å². The molecule has 96 valence electrons. The van der Waals surface area contributed by atoms with E-state index in [4.69, 9.17) is 5.73 Å². The van der Waals surface area contributed by atoms with E-state index in [0.29, 0.717) is 0 Å². The minimum atomic E-state index is 0.140.